The van der Waals surface area contributed by atoms with Crippen LogP contribution in [0.1, 0.15) is 189 Å². The van der Waals surface area contributed by atoms with Crippen LogP contribution in [0.3, 0.4) is 0 Å². The maximum absolute atomic E-state index is 8.37. The average molecular weight is 600 g/mol. The van der Waals surface area contributed by atoms with Gasteiger partial charge in [0, 0.05) is 26.4 Å². The van der Waals surface area contributed by atoms with Gasteiger partial charge in [-0.1, -0.05) is 169 Å². The van der Waals surface area contributed by atoms with Crippen LogP contribution in [0.5, 0.6) is 0 Å². The summed E-state index contributed by atoms with van der Waals surface area (Å²) < 4.78 is 0. The summed E-state index contributed by atoms with van der Waals surface area (Å²) in [6.07, 6.45) is 31.2. The molecule has 0 atom stereocenters. The molecule has 0 heterocycles. The molecule has 0 spiro atoms. The molecule has 0 aliphatic heterocycles. The van der Waals surface area contributed by atoms with E-state index in [-0.39, 0.29) is 12.1 Å². The first-order valence-corrected chi connectivity index (χ1v) is 17.4. The number of rotatable bonds is 25. The Morgan fingerprint density at radius 2 is 0.585 bits per heavy atom. The van der Waals surface area contributed by atoms with Crippen molar-refractivity contribution in [2.24, 2.45) is 5.73 Å². The van der Waals surface area contributed by atoms with Crippen molar-refractivity contribution in [2.45, 2.75) is 189 Å². The van der Waals surface area contributed by atoms with Crippen LogP contribution in [0.25, 0.3) is 0 Å². The van der Waals surface area contributed by atoms with Gasteiger partial charge < -0.3 is 26.5 Å². The SMILES string of the molecule is CCCCCCCC.CCCCCCCCCC.CCCCCCCO.NCCOO.O.OCCCCCCCO. The molecule has 0 aliphatic carbocycles. The highest BCUT2D eigenvalue weighted by molar-refractivity contribution is 4.44. The van der Waals surface area contributed by atoms with E-state index in [0.717, 1.165) is 38.5 Å². The van der Waals surface area contributed by atoms with E-state index in [4.69, 9.17) is 26.3 Å². The molecule has 0 saturated carbocycles. The molecule has 0 rings (SSSR count). The second-order valence-electron chi connectivity index (χ2n) is 10.5. The molecule has 0 amide bonds. The normalized spacial score (nSPS) is 9.51. The summed E-state index contributed by atoms with van der Waals surface area (Å²) in [6.45, 7) is 12.8. The second-order valence-corrected chi connectivity index (χ2v) is 10.5. The molecule has 7 heteroatoms. The van der Waals surface area contributed by atoms with Gasteiger partial charge in [0.2, 0.25) is 0 Å². The lowest BCUT2D eigenvalue weighted by Gasteiger charge is -1.97. The van der Waals surface area contributed by atoms with Gasteiger partial charge in [0.15, 0.2) is 0 Å². The van der Waals surface area contributed by atoms with Crippen LogP contribution in [-0.4, -0.2) is 59.0 Å². The van der Waals surface area contributed by atoms with Gasteiger partial charge in [0.05, 0.1) is 6.61 Å². The van der Waals surface area contributed by atoms with Gasteiger partial charge >= 0.3 is 0 Å². The largest absolute Gasteiger partial charge is 0.412 e. The van der Waals surface area contributed by atoms with Crippen LogP contribution < -0.4 is 5.73 Å². The van der Waals surface area contributed by atoms with Crippen LogP contribution >= 0.6 is 0 Å². The summed E-state index contributed by atoms with van der Waals surface area (Å²) >= 11 is 0. The predicted molar refractivity (Wildman–Crippen MR) is 182 cm³/mol. The summed E-state index contributed by atoms with van der Waals surface area (Å²) in [7, 11) is 0. The Bertz CT molecular complexity index is 286. The third-order valence-corrected chi connectivity index (χ3v) is 6.20. The number of unbranched alkanes of at least 4 members (excludes halogenated alkanes) is 20. The highest BCUT2D eigenvalue weighted by Crippen LogP contribution is 2.07. The maximum atomic E-state index is 8.37. The van der Waals surface area contributed by atoms with E-state index < -0.39 is 0 Å². The fraction of sp³-hybridized carbons (Fsp3) is 1.00. The highest BCUT2D eigenvalue weighted by atomic mass is 17.1. The molecule has 0 aromatic rings. The summed E-state index contributed by atoms with van der Waals surface area (Å²) in [4.78, 5) is 3.57. The lowest BCUT2D eigenvalue weighted by molar-refractivity contribution is -0.239. The smallest absolute Gasteiger partial charge is 0.0941 e. The summed E-state index contributed by atoms with van der Waals surface area (Å²) in [5.74, 6) is 0. The summed E-state index contributed by atoms with van der Waals surface area (Å²) in [6, 6.07) is 0. The quantitative estimate of drug-likeness (QED) is 0.0402. The van der Waals surface area contributed by atoms with Gasteiger partial charge in [-0.15, -0.1) is 0 Å². The average Bonchev–Trinajstić information content (AvgIpc) is 2.97. The summed E-state index contributed by atoms with van der Waals surface area (Å²) in [5, 5.41) is 32.6. The van der Waals surface area contributed by atoms with E-state index in [1.807, 2.05) is 0 Å². The van der Waals surface area contributed by atoms with Crippen molar-refractivity contribution in [1.82, 2.24) is 0 Å². The number of nitrogens with two attached hydrogens (primary N) is 1. The minimum absolute atomic E-state index is 0. The zero-order chi connectivity index (χ0) is 31.2. The Kier molecular flexibility index (Phi) is 87.6. The molecule has 0 fully saturated rings. The molecule has 0 unspecified atom stereocenters. The zero-order valence-electron chi connectivity index (χ0n) is 28.8. The molecule has 258 valence electrons. The van der Waals surface area contributed by atoms with Crippen LogP contribution in [0.2, 0.25) is 0 Å². The van der Waals surface area contributed by atoms with Crippen molar-refractivity contribution in [3.05, 3.63) is 0 Å². The van der Waals surface area contributed by atoms with Crippen molar-refractivity contribution in [3.8, 4) is 0 Å². The van der Waals surface area contributed by atoms with Crippen molar-refractivity contribution in [1.29, 1.82) is 0 Å². The third kappa shape index (κ3) is 92.5. The van der Waals surface area contributed by atoms with Crippen LogP contribution in [-0.2, 0) is 4.89 Å². The van der Waals surface area contributed by atoms with E-state index in [9.17, 15) is 0 Å². The monoisotopic (exact) mass is 600 g/mol. The number of aliphatic hydroxyl groups is 3. The minimum Gasteiger partial charge on any atom is -0.412 e. The first-order valence-electron chi connectivity index (χ1n) is 17.4. The Morgan fingerprint density at radius 1 is 0.390 bits per heavy atom. The van der Waals surface area contributed by atoms with Crippen molar-refractivity contribution in [3.63, 3.8) is 0 Å². The van der Waals surface area contributed by atoms with Crippen molar-refractivity contribution < 1.29 is 30.9 Å². The topological polar surface area (TPSA) is 148 Å². The number of hydrogen-bond acceptors (Lipinski definition) is 6. The fourth-order valence-electron chi connectivity index (χ4n) is 3.58. The molecular formula is C34H81NO6. The molecule has 0 aromatic carbocycles. The van der Waals surface area contributed by atoms with Gasteiger partial charge in [0.1, 0.15) is 0 Å². The first kappa shape index (κ1) is 53.3. The van der Waals surface area contributed by atoms with Gasteiger partial charge in [-0.05, 0) is 19.3 Å². The van der Waals surface area contributed by atoms with Gasteiger partial charge in [-0.3, -0.25) is 5.26 Å². The van der Waals surface area contributed by atoms with Gasteiger partial charge in [-0.25, -0.2) is 4.89 Å². The molecule has 41 heavy (non-hydrogen) atoms. The van der Waals surface area contributed by atoms with E-state index in [1.165, 1.54) is 116 Å². The maximum Gasteiger partial charge on any atom is 0.0941 e. The lowest BCUT2D eigenvalue weighted by atomic mass is 10.1. The van der Waals surface area contributed by atoms with Crippen LogP contribution in [0.15, 0.2) is 0 Å². The molecule has 8 N–H and O–H groups in total. The molecule has 0 bridgehead atoms. The Morgan fingerprint density at radius 3 is 0.707 bits per heavy atom. The van der Waals surface area contributed by atoms with E-state index in [1.54, 1.807) is 0 Å². The molecule has 0 aliphatic rings. The fourth-order valence-corrected chi connectivity index (χ4v) is 3.58. The molecular weight excluding hydrogens is 518 g/mol. The number of aliphatic hydroxyl groups excluding tert-OH is 3. The lowest BCUT2D eigenvalue weighted by Crippen LogP contribution is -2.05. The predicted octanol–water partition coefficient (Wildman–Crippen LogP) is 8.99. The summed E-state index contributed by atoms with van der Waals surface area (Å²) in [5.41, 5.74) is 4.85. The Hall–Kier alpha value is -0.280. The van der Waals surface area contributed by atoms with Crippen LogP contribution in [0, 0.1) is 0 Å². The zero-order valence-corrected chi connectivity index (χ0v) is 28.8. The third-order valence-electron chi connectivity index (χ3n) is 6.20. The molecule has 0 aromatic heterocycles. The Balaban J connectivity index is -0.0000000941. The highest BCUT2D eigenvalue weighted by Gasteiger charge is 1.88. The molecule has 0 radical (unpaired) electrons. The van der Waals surface area contributed by atoms with Crippen molar-refractivity contribution >= 4 is 0 Å². The molecule has 0 saturated heterocycles. The van der Waals surface area contributed by atoms with Gasteiger partial charge in [-0.2, -0.15) is 0 Å². The Labute approximate surface area is 258 Å². The minimum atomic E-state index is 0. The standard InChI is InChI=1S/C10H22.C8H18.C7H16O2.C7H16O.C2H7NO2.H2O/c1-3-5-7-9-10-8-6-4-2;1-3-5-7-8-6-4-2;8-6-4-2-1-3-5-7-9;1-2-3-4-5-6-7-8;3-1-2-5-4;/h3-10H2,1-2H3;3-8H2,1-2H3;8-9H,1-7H2;8H,2-7H2,1H3;4H,1-3H2;1H2. The second kappa shape index (κ2) is 67.4. The van der Waals surface area contributed by atoms with Gasteiger partial charge in [0.25, 0.3) is 0 Å². The van der Waals surface area contributed by atoms with Crippen LogP contribution in [0.4, 0.5) is 0 Å². The van der Waals surface area contributed by atoms with Crippen molar-refractivity contribution in [2.75, 3.05) is 33.0 Å². The van der Waals surface area contributed by atoms with E-state index in [2.05, 4.69) is 39.5 Å². The van der Waals surface area contributed by atoms with E-state index in [0.29, 0.717) is 26.4 Å². The number of hydrogen-bond donors (Lipinski definition) is 5. The molecule has 7 nitrogen and oxygen atoms in total. The van der Waals surface area contributed by atoms with E-state index >= 15 is 0 Å². The first-order chi connectivity index (χ1) is 19.6.